The van der Waals surface area contributed by atoms with Crippen LogP contribution < -0.4 is 5.32 Å². The van der Waals surface area contributed by atoms with Crippen molar-refractivity contribution in [2.45, 2.75) is 123 Å². The predicted octanol–water partition coefficient (Wildman–Crippen LogP) is 7.24. The molecule has 0 spiro atoms. The van der Waals surface area contributed by atoms with Crippen molar-refractivity contribution in [1.82, 2.24) is 14.9 Å². The predicted molar refractivity (Wildman–Crippen MR) is 146 cm³/mol. The normalized spacial score (nSPS) is 28.9. The molecule has 2 saturated heterocycles. The fourth-order valence-electron chi connectivity index (χ4n) is 6.80. The molecule has 35 heavy (non-hydrogen) atoms. The first-order chi connectivity index (χ1) is 17.2. The highest BCUT2D eigenvalue weighted by molar-refractivity contribution is 5.76. The Balaban J connectivity index is 0.000000203. The molecule has 2 atom stereocenters. The van der Waals surface area contributed by atoms with E-state index >= 15 is 0 Å². The Morgan fingerprint density at radius 3 is 2.03 bits per heavy atom. The number of ether oxygens (including phenoxy) is 1. The van der Waals surface area contributed by atoms with Crippen LogP contribution in [-0.4, -0.2) is 35.0 Å². The van der Waals surface area contributed by atoms with Crippen molar-refractivity contribution < 1.29 is 9.53 Å². The molecule has 5 heteroatoms. The monoisotopic (exact) mass is 483 g/mol. The van der Waals surface area contributed by atoms with Gasteiger partial charge in [-0.25, -0.2) is 4.98 Å². The number of carbonyl (C=O) groups excluding carboxylic acids is 1. The number of methoxy groups -OCH3 is 1. The lowest BCUT2D eigenvalue weighted by Gasteiger charge is -2.41. The van der Waals surface area contributed by atoms with Crippen LogP contribution in [0.25, 0.3) is 11.0 Å². The highest BCUT2D eigenvalue weighted by atomic mass is 16.5. The summed E-state index contributed by atoms with van der Waals surface area (Å²) in [4.78, 5) is 13.6. The number of fused-ring (bicyclic) bond motifs is 5. The fraction of sp³-hybridized carbons (Fsp3) is 0.733. The number of hydrogen-bond donors (Lipinski definition) is 1. The molecule has 1 aromatic heterocycles. The van der Waals surface area contributed by atoms with Gasteiger partial charge in [0.2, 0.25) is 0 Å². The summed E-state index contributed by atoms with van der Waals surface area (Å²) in [5, 5.41) is 3.78. The molecule has 4 fully saturated rings. The largest absolute Gasteiger partial charge is 0.377 e. The molecule has 2 aliphatic carbocycles. The van der Waals surface area contributed by atoms with E-state index in [1.165, 1.54) is 57.4 Å². The van der Waals surface area contributed by atoms with Gasteiger partial charge in [-0.05, 0) is 63.0 Å². The quantitative estimate of drug-likeness (QED) is 0.468. The highest BCUT2D eigenvalue weighted by Crippen LogP contribution is 2.39. The number of rotatable bonds is 3. The zero-order valence-corrected chi connectivity index (χ0v) is 22.7. The standard InChI is InChI=1S/C17H23N3O.C9H16.C2H4O.C2H6/c1-21-11-17-19-15-7-2-3-8-16(15)20(17)14-9-12-5-4-6-13(10-14)18-12;1-3-8-5-2-6-9(4-1)7-8;1-2-3;1-2/h2-3,7-8,12-14,18H,4-6,9-11H2,1H3;8-9H,1-7H2;2H,1H3;1-2H3. The van der Waals surface area contributed by atoms with Crippen molar-refractivity contribution in [3.05, 3.63) is 30.1 Å². The fourth-order valence-corrected chi connectivity index (χ4v) is 6.80. The number of hydrogen-bond acceptors (Lipinski definition) is 4. The first kappa shape index (κ1) is 27.9. The van der Waals surface area contributed by atoms with Gasteiger partial charge in [0.15, 0.2) is 0 Å². The smallest absolute Gasteiger partial charge is 0.136 e. The van der Waals surface area contributed by atoms with E-state index in [1.54, 1.807) is 39.2 Å². The molecule has 3 heterocycles. The lowest BCUT2D eigenvalue weighted by atomic mass is 9.72. The Labute approximate surface area is 213 Å². The molecule has 5 nitrogen and oxygen atoms in total. The summed E-state index contributed by atoms with van der Waals surface area (Å²) in [7, 11) is 1.75. The van der Waals surface area contributed by atoms with Crippen LogP contribution in [0.4, 0.5) is 0 Å². The Kier molecular flexibility index (Phi) is 11.7. The van der Waals surface area contributed by atoms with E-state index in [0.29, 0.717) is 24.7 Å². The van der Waals surface area contributed by atoms with Crippen molar-refractivity contribution >= 4 is 17.3 Å². The number of imidazole rings is 1. The van der Waals surface area contributed by atoms with Crippen LogP contribution >= 0.6 is 0 Å². The zero-order valence-electron chi connectivity index (χ0n) is 22.7. The Morgan fingerprint density at radius 2 is 1.49 bits per heavy atom. The second-order valence-corrected chi connectivity index (χ2v) is 10.5. The minimum atomic E-state index is 0.555. The van der Waals surface area contributed by atoms with E-state index in [2.05, 4.69) is 34.1 Å². The van der Waals surface area contributed by atoms with Crippen molar-refractivity contribution in [3.63, 3.8) is 0 Å². The highest BCUT2D eigenvalue weighted by Gasteiger charge is 2.33. The SMILES string of the molecule is C1CC2CCCC(C1)C2.CC.CC=O.COCc1nc2ccccc2n1C1CC2CCCC(C1)N2. The summed E-state index contributed by atoms with van der Waals surface area (Å²) in [5.41, 5.74) is 2.35. The molecule has 0 radical (unpaired) electrons. The lowest BCUT2D eigenvalue weighted by Crippen LogP contribution is -2.49. The number of nitrogens with one attached hydrogen (secondary N) is 1. The molecule has 4 aliphatic rings. The first-order valence-electron chi connectivity index (χ1n) is 14.3. The topological polar surface area (TPSA) is 56.1 Å². The second-order valence-electron chi connectivity index (χ2n) is 10.5. The number of piperidine rings is 2. The summed E-state index contributed by atoms with van der Waals surface area (Å²) in [6, 6.07) is 10.4. The molecular weight excluding hydrogens is 434 g/mol. The van der Waals surface area contributed by atoms with E-state index in [4.69, 9.17) is 14.5 Å². The van der Waals surface area contributed by atoms with Crippen LogP contribution in [0.15, 0.2) is 24.3 Å². The number of para-hydroxylation sites is 2. The number of carbonyl (C=O) groups is 1. The molecule has 0 amide bonds. The van der Waals surface area contributed by atoms with Gasteiger partial charge in [-0.2, -0.15) is 0 Å². The Hall–Kier alpha value is -1.72. The van der Waals surface area contributed by atoms with Gasteiger partial charge in [-0.15, -0.1) is 0 Å². The van der Waals surface area contributed by atoms with Crippen LogP contribution in [0, 0.1) is 11.8 Å². The molecule has 1 aromatic carbocycles. The van der Waals surface area contributed by atoms with E-state index in [-0.39, 0.29) is 0 Å². The molecule has 2 aliphatic heterocycles. The van der Waals surface area contributed by atoms with Gasteiger partial charge >= 0.3 is 0 Å². The summed E-state index contributed by atoms with van der Waals surface area (Å²) < 4.78 is 7.83. The van der Waals surface area contributed by atoms with Gasteiger partial charge < -0.3 is 19.4 Å². The summed E-state index contributed by atoms with van der Waals surface area (Å²) in [6.07, 6.45) is 18.1. The van der Waals surface area contributed by atoms with E-state index in [9.17, 15) is 0 Å². The van der Waals surface area contributed by atoms with Gasteiger partial charge in [0.25, 0.3) is 0 Å². The average Bonchev–Trinajstić information content (AvgIpc) is 3.24. The maximum atomic E-state index is 8.81. The van der Waals surface area contributed by atoms with Crippen LogP contribution in [0.1, 0.15) is 110 Å². The summed E-state index contributed by atoms with van der Waals surface area (Å²) in [5.74, 6) is 3.37. The second kappa shape index (κ2) is 14.7. The van der Waals surface area contributed by atoms with E-state index in [1.807, 2.05) is 13.8 Å². The first-order valence-corrected chi connectivity index (χ1v) is 14.3. The van der Waals surface area contributed by atoms with Gasteiger partial charge in [-0.3, -0.25) is 0 Å². The third kappa shape index (κ3) is 7.63. The maximum absolute atomic E-state index is 8.81. The van der Waals surface area contributed by atoms with Crippen LogP contribution in [0.3, 0.4) is 0 Å². The lowest BCUT2D eigenvalue weighted by molar-refractivity contribution is -0.106. The third-order valence-electron chi connectivity index (χ3n) is 8.11. The molecule has 2 saturated carbocycles. The average molecular weight is 484 g/mol. The van der Waals surface area contributed by atoms with E-state index < -0.39 is 0 Å². The molecule has 6 rings (SSSR count). The molecule has 4 bridgehead atoms. The summed E-state index contributed by atoms with van der Waals surface area (Å²) >= 11 is 0. The van der Waals surface area contributed by atoms with Crippen LogP contribution in [0.2, 0.25) is 0 Å². The number of aromatic nitrogens is 2. The van der Waals surface area contributed by atoms with Gasteiger partial charge in [0.1, 0.15) is 18.7 Å². The number of benzene rings is 1. The van der Waals surface area contributed by atoms with Crippen LogP contribution in [0.5, 0.6) is 0 Å². The minimum Gasteiger partial charge on any atom is -0.377 e. The summed E-state index contributed by atoms with van der Waals surface area (Å²) in [6.45, 7) is 6.04. The zero-order chi connectivity index (χ0) is 25.0. The van der Waals surface area contributed by atoms with Gasteiger partial charge in [0, 0.05) is 25.2 Å². The van der Waals surface area contributed by atoms with Crippen molar-refractivity contribution in [3.8, 4) is 0 Å². The van der Waals surface area contributed by atoms with Crippen LogP contribution in [-0.2, 0) is 16.1 Å². The molecule has 1 N–H and O–H groups in total. The molecule has 2 aromatic rings. The van der Waals surface area contributed by atoms with Crippen molar-refractivity contribution in [1.29, 1.82) is 0 Å². The van der Waals surface area contributed by atoms with Gasteiger partial charge in [0.05, 0.1) is 11.0 Å². The number of nitrogens with zero attached hydrogens (tertiary/aromatic N) is 2. The number of aldehydes is 1. The Morgan fingerprint density at radius 1 is 0.943 bits per heavy atom. The molecular formula is C30H49N3O2. The Bertz CT molecular complexity index is 848. The molecule has 2 unspecified atom stereocenters. The van der Waals surface area contributed by atoms with Crippen molar-refractivity contribution in [2.75, 3.05) is 7.11 Å². The third-order valence-corrected chi connectivity index (χ3v) is 8.11. The maximum Gasteiger partial charge on any atom is 0.136 e. The molecule has 196 valence electrons. The van der Waals surface area contributed by atoms with Crippen molar-refractivity contribution in [2.24, 2.45) is 11.8 Å². The minimum absolute atomic E-state index is 0.555. The van der Waals surface area contributed by atoms with E-state index in [0.717, 1.165) is 29.5 Å². The van der Waals surface area contributed by atoms with Gasteiger partial charge in [-0.1, -0.05) is 70.9 Å².